The molecule has 3 amide bonds. The fraction of sp³-hybridized carbons (Fsp3) is 0.348. The molecule has 172 valence electrons. The first-order valence-corrected chi connectivity index (χ1v) is 11.4. The lowest BCUT2D eigenvalue weighted by molar-refractivity contribution is -0.143. The van der Waals surface area contributed by atoms with Gasteiger partial charge in [0.2, 0.25) is 12.0 Å². The number of carbonyl (C=O) groups is 3. The number of anilines is 1. The molecule has 0 N–H and O–H groups in total. The molecule has 3 heterocycles. The maximum atomic E-state index is 13.1. The summed E-state index contributed by atoms with van der Waals surface area (Å²) in [6.45, 7) is 1.97. The Kier molecular flexibility index (Phi) is 5.90. The number of ether oxygens (including phenoxy) is 2. The number of hydrogen-bond donors (Lipinski definition) is 0. The minimum atomic E-state index is -0.704. The summed E-state index contributed by atoms with van der Waals surface area (Å²) in [5.74, 6) is 0.429. The van der Waals surface area contributed by atoms with Crippen molar-refractivity contribution in [2.75, 3.05) is 37.7 Å². The van der Waals surface area contributed by atoms with Crippen LogP contribution in [0.1, 0.15) is 6.42 Å². The Morgan fingerprint density at radius 3 is 2.30 bits per heavy atom. The molecule has 0 radical (unpaired) electrons. The van der Waals surface area contributed by atoms with Gasteiger partial charge in [0.15, 0.2) is 11.5 Å². The molecule has 0 aliphatic carbocycles. The Hall–Kier alpha value is -2.81. The molecule has 2 saturated heterocycles. The van der Waals surface area contributed by atoms with Gasteiger partial charge in [-0.3, -0.25) is 19.3 Å². The SMILES string of the molecule is O=C([C@@H]1COc2ccccc2O1)N1CCN([C@H]2CC(=O)N(c3cc(Cl)cc(Cl)c3)C2=O)CC1. The summed E-state index contributed by atoms with van der Waals surface area (Å²) in [6.07, 6.45) is -0.628. The van der Waals surface area contributed by atoms with E-state index in [-0.39, 0.29) is 30.7 Å². The van der Waals surface area contributed by atoms with Gasteiger partial charge < -0.3 is 14.4 Å². The Bertz CT molecular complexity index is 1100. The van der Waals surface area contributed by atoms with E-state index >= 15 is 0 Å². The smallest absolute Gasteiger partial charge is 0.267 e. The van der Waals surface area contributed by atoms with Crippen molar-refractivity contribution in [3.8, 4) is 11.5 Å². The van der Waals surface area contributed by atoms with Crippen molar-refractivity contribution in [1.29, 1.82) is 0 Å². The zero-order valence-electron chi connectivity index (χ0n) is 17.6. The van der Waals surface area contributed by atoms with Crippen molar-refractivity contribution in [1.82, 2.24) is 9.80 Å². The van der Waals surface area contributed by atoms with Crippen LogP contribution in [0.25, 0.3) is 0 Å². The summed E-state index contributed by atoms with van der Waals surface area (Å²) in [5, 5.41) is 0.704. The number of para-hydroxylation sites is 2. The number of piperazine rings is 1. The summed E-state index contributed by atoms with van der Waals surface area (Å²) in [5.41, 5.74) is 0.369. The zero-order chi connectivity index (χ0) is 23.1. The number of amides is 3. The van der Waals surface area contributed by atoms with Crippen LogP contribution >= 0.6 is 23.2 Å². The highest BCUT2D eigenvalue weighted by Crippen LogP contribution is 2.32. The van der Waals surface area contributed by atoms with Crippen molar-refractivity contribution >= 4 is 46.6 Å². The van der Waals surface area contributed by atoms with Gasteiger partial charge in [0.05, 0.1) is 18.2 Å². The number of halogens is 2. The van der Waals surface area contributed by atoms with Crippen molar-refractivity contribution < 1.29 is 23.9 Å². The molecule has 8 nitrogen and oxygen atoms in total. The van der Waals surface area contributed by atoms with E-state index in [1.54, 1.807) is 35.2 Å². The van der Waals surface area contributed by atoms with Crippen LogP contribution in [0.4, 0.5) is 5.69 Å². The predicted octanol–water partition coefficient (Wildman–Crippen LogP) is 2.61. The van der Waals surface area contributed by atoms with Gasteiger partial charge in [0, 0.05) is 36.2 Å². The first-order chi connectivity index (χ1) is 15.9. The van der Waals surface area contributed by atoms with Gasteiger partial charge in [0.25, 0.3) is 11.8 Å². The van der Waals surface area contributed by atoms with Gasteiger partial charge in [-0.15, -0.1) is 0 Å². The highest BCUT2D eigenvalue weighted by atomic mass is 35.5. The summed E-state index contributed by atoms with van der Waals surface area (Å²) in [4.78, 5) is 43.5. The van der Waals surface area contributed by atoms with E-state index in [9.17, 15) is 14.4 Å². The molecule has 33 heavy (non-hydrogen) atoms. The number of rotatable bonds is 3. The van der Waals surface area contributed by atoms with Crippen LogP contribution in [0, 0.1) is 0 Å². The average Bonchev–Trinajstić information content (AvgIpc) is 3.11. The van der Waals surface area contributed by atoms with E-state index in [0.717, 1.165) is 4.90 Å². The second kappa shape index (κ2) is 8.85. The Morgan fingerprint density at radius 1 is 0.939 bits per heavy atom. The van der Waals surface area contributed by atoms with Crippen molar-refractivity contribution in [3.05, 3.63) is 52.5 Å². The summed E-state index contributed by atoms with van der Waals surface area (Å²) < 4.78 is 11.5. The van der Waals surface area contributed by atoms with Crippen molar-refractivity contribution in [3.63, 3.8) is 0 Å². The zero-order valence-corrected chi connectivity index (χ0v) is 19.1. The van der Waals surface area contributed by atoms with Crippen molar-refractivity contribution in [2.45, 2.75) is 18.6 Å². The Balaban J connectivity index is 1.21. The Labute approximate surface area is 200 Å². The first-order valence-electron chi connectivity index (χ1n) is 10.6. The van der Waals surface area contributed by atoms with Gasteiger partial charge in [-0.2, -0.15) is 0 Å². The van der Waals surface area contributed by atoms with Gasteiger partial charge in [-0.05, 0) is 30.3 Å². The van der Waals surface area contributed by atoms with Gasteiger partial charge >= 0.3 is 0 Å². The van der Waals surface area contributed by atoms with Crippen molar-refractivity contribution in [2.24, 2.45) is 0 Å². The largest absolute Gasteiger partial charge is 0.485 e. The number of fused-ring (bicyclic) bond motifs is 1. The summed E-state index contributed by atoms with van der Waals surface area (Å²) in [6, 6.07) is 11.3. The van der Waals surface area contributed by atoms with E-state index in [2.05, 4.69) is 0 Å². The van der Waals surface area contributed by atoms with Crippen LogP contribution in [-0.2, 0) is 14.4 Å². The van der Waals surface area contributed by atoms with E-state index in [1.165, 1.54) is 0 Å². The van der Waals surface area contributed by atoms with Crippen LogP contribution in [0.15, 0.2) is 42.5 Å². The molecule has 0 saturated carbocycles. The number of carbonyl (C=O) groups excluding carboxylic acids is 3. The maximum Gasteiger partial charge on any atom is 0.267 e. The number of hydrogen-bond acceptors (Lipinski definition) is 6. The molecule has 0 spiro atoms. The number of nitrogens with zero attached hydrogens (tertiary/aromatic N) is 3. The molecule has 3 aliphatic rings. The molecule has 2 atom stereocenters. The average molecular weight is 490 g/mol. The fourth-order valence-electron chi connectivity index (χ4n) is 4.44. The third-order valence-corrected chi connectivity index (χ3v) is 6.52. The van der Waals surface area contributed by atoms with E-state index in [1.807, 2.05) is 17.0 Å². The lowest BCUT2D eigenvalue weighted by Crippen LogP contribution is -2.57. The molecular formula is C23H21Cl2N3O5. The van der Waals surface area contributed by atoms with Crippen LogP contribution in [-0.4, -0.2) is 72.5 Å². The minimum Gasteiger partial charge on any atom is -0.485 e. The van der Waals surface area contributed by atoms with E-state index in [0.29, 0.717) is 53.4 Å². The van der Waals surface area contributed by atoms with Crippen LogP contribution in [0.2, 0.25) is 10.0 Å². The second-order valence-electron chi connectivity index (χ2n) is 8.14. The Morgan fingerprint density at radius 2 is 1.61 bits per heavy atom. The van der Waals surface area contributed by atoms with Gasteiger partial charge in [-0.1, -0.05) is 35.3 Å². The van der Waals surface area contributed by atoms with E-state index in [4.69, 9.17) is 32.7 Å². The van der Waals surface area contributed by atoms with Crippen LogP contribution < -0.4 is 14.4 Å². The quantitative estimate of drug-likeness (QED) is 0.616. The molecule has 5 rings (SSSR count). The lowest BCUT2D eigenvalue weighted by Gasteiger charge is -2.38. The number of benzene rings is 2. The standard InChI is InChI=1S/C23H21Cl2N3O5/c24-14-9-15(25)11-16(10-14)28-21(29)12-17(22(28)30)26-5-7-27(8-6-26)23(31)20-13-32-18-3-1-2-4-19(18)33-20/h1-4,9-11,17,20H,5-8,12-13H2/t17-,20-/m0/s1. The summed E-state index contributed by atoms with van der Waals surface area (Å²) >= 11 is 12.1. The molecule has 0 aromatic heterocycles. The number of imide groups is 1. The van der Waals surface area contributed by atoms with Crippen LogP contribution in [0.3, 0.4) is 0 Å². The van der Waals surface area contributed by atoms with Crippen LogP contribution in [0.5, 0.6) is 11.5 Å². The summed E-state index contributed by atoms with van der Waals surface area (Å²) in [7, 11) is 0. The predicted molar refractivity (Wildman–Crippen MR) is 122 cm³/mol. The first kappa shape index (κ1) is 22.0. The molecule has 3 aliphatic heterocycles. The maximum absolute atomic E-state index is 13.1. The highest BCUT2D eigenvalue weighted by Gasteiger charge is 2.44. The normalized spacial score (nSPS) is 23.2. The van der Waals surface area contributed by atoms with Gasteiger partial charge in [-0.25, -0.2) is 4.90 Å². The lowest BCUT2D eigenvalue weighted by atomic mass is 10.1. The molecule has 2 aromatic carbocycles. The third-order valence-electron chi connectivity index (χ3n) is 6.08. The molecule has 0 bridgehead atoms. The molecular weight excluding hydrogens is 469 g/mol. The topological polar surface area (TPSA) is 79.4 Å². The molecule has 2 fully saturated rings. The van der Waals surface area contributed by atoms with E-state index < -0.39 is 12.1 Å². The fourth-order valence-corrected chi connectivity index (χ4v) is 4.95. The monoisotopic (exact) mass is 489 g/mol. The molecule has 2 aromatic rings. The second-order valence-corrected chi connectivity index (χ2v) is 9.01. The third kappa shape index (κ3) is 4.26. The minimum absolute atomic E-state index is 0.0767. The highest BCUT2D eigenvalue weighted by molar-refractivity contribution is 6.35. The molecule has 10 heteroatoms. The van der Waals surface area contributed by atoms with Gasteiger partial charge in [0.1, 0.15) is 6.61 Å². The molecule has 0 unspecified atom stereocenters.